The number of rotatable bonds is 4. The largest absolute Gasteiger partial charge is 0.490 e. The van der Waals surface area contributed by atoms with Gasteiger partial charge in [-0.25, -0.2) is 0 Å². The molecule has 1 saturated heterocycles. The summed E-state index contributed by atoms with van der Waals surface area (Å²) in [6.45, 7) is 5.59. The Labute approximate surface area is 136 Å². The van der Waals surface area contributed by atoms with Gasteiger partial charge in [-0.3, -0.25) is 4.79 Å². The Morgan fingerprint density at radius 1 is 1.22 bits per heavy atom. The minimum atomic E-state index is -0.0365. The van der Waals surface area contributed by atoms with Gasteiger partial charge in [0.05, 0.1) is 0 Å². The zero-order valence-electron chi connectivity index (χ0n) is 13.7. The number of fused-ring (bicyclic) bond motifs is 1. The fraction of sp³-hybridized carbons (Fsp3) is 0.526. The van der Waals surface area contributed by atoms with Crippen LogP contribution in [-0.2, 0) is 0 Å². The number of aromatic amines is 1. The monoisotopic (exact) mass is 312 g/mol. The second-order valence-corrected chi connectivity index (χ2v) is 7.07. The molecule has 1 aromatic carbocycles. The van der Waals surface area contributed by atoms with Gasteiger partial charge in [0.25, 0.3) is 5.56 Å². The van der Waals surface area contributed by atoms with Gasteiger partial charge in [-0.15, -0.1) is 0 Å². The fourth-order valence-corrected chi connectivity index (χ4v) is 3.51. The molecule has 1 aliphatic carbocycles. The Morgan fingerprint density at radius 2 is 2.00 bits per heavy atom. The van der Waals surface area contributed by atoms with Crippen molar-refractivity contribution >= 4 is 10.8 Å². The van der Waals surface area contributed by atoms with Gasteiger partial charge in [0.1, 0.15) is 11.9 Å². The Morgan fingerprint density at radius 3 is 2.74 bits per heavy atom. The molecule has 2 heterocycles. The van der Waals surface area contributed by atoms with Gasteiger partial charge >= 0.3 is 0 Å². The summed E-state index contributed by atoms with van der Waals surface area (Å²) in [5.74, 6) is 1.89. The van der Waals surface area contributed by atoms with Crippen molar-refractivity contribution in [2.45, 2.75) is 38.7 Å². The summed E-state index contributed by atoms with van der Waals surface area (Å²) in [5.41, 5.74) is 1.00. The molecule has 2 fully saturated rings. The van der Waals surface area contributed by atoms with Crippen molar-refractivity contribution in [2.24, 2.45) is 5.92 Å². The van der Waals surface area contributed by atoms with Gasteiger partial charge in [-0.2, -0.15) is 0 Å². The molecule has 122 valence electrons. The standard InChI is InChI=1S/C19H24N2O2/c1-13-10-17-15(4-7-20-19(17)22)11-18(13)23-16-5-8-21(9-6-16)12-14-2-3-14/h4,7,10-11,14,16H,2-3,5-6,8-9,12H2,1H3,(H,20,22). The van der Waals surface area contributed by atoms with Crippen molar-refractivity contribution in [2.75, 3.05) is 19.6 Å². The number of H-pyrrole nitrogens is 1. The van der Waals surface area contributed by atoms with Crippen molar-refractivity contribution < 1.29 is 4.74 Å². The lowest BCUT2D eigenvalue weighted by atomic mass is 10.1. The number of nitrogens with zero attached hydrogens (tertiary/aromatic N) is 1. The van der Waals surface area contributed by atoms with Crippen molar-refractivity contribution in [3.05, 3.63) is 40.3 Å². The molecule has 1 saturated carbocycles. The first kappa shape index (κ1) is 14.8. The van der Waals surface area contributed by atoms with E-state index in [1.807, 2.05) is 25.1 Å². The molecular formula is C19H24N2O2. The maximum Gasteiger partial charge on any atom is 0.255 e. The molecule has 1 N–H and O–H groups in total. The fourth-order valence-electron chi connectivity index (χ4n) is 3.51. The highest BCUT2D eigenvalue weighted by Crippen LogP contribution is 2.31. The SMILES string of the molecule is Cc1cc2c(=O)[nH]ccc2cc1OC1CCN(CC2CC2)CC1. The second-order valence-electron chi connectivity index (χ2n) is 7.07. The summed E-state index contributed by atoms with van der Waals surface area (Å²) in [6, 6.07) is 5.88. The topological polar surface area (TPSA) is 45.3 Å². The zero-order chi connectivity index (χ0) is 15.8. The van der Waals surface area contributed by atoms with E-state index in [-0.39, 0.29) is 5.56 Å². The van der Waals surface area contributed by atoms with E-state index in [1.165, 1.54) is 19.4 Å². The van der Waals surface area contributed by atoms with Gasteiger partial charge < -0.3 is 14.6 Å². The van der Waals surface area contributed by atoms with E-state index in [9.17, 15) is 4.79 Å². The van der Waals surface area contributed by atoms with Gasteiger partial charge in [0.2, 0.25) is 0 Å². The number of hydrogen-bond donors (Lipinski definition) is 1. The summed E-state index contributed by atoms with van der Waals surface area (Å²) in [6.07, 6.45) is 7.03. The molecule has 0 unspecified atom stereocenters. The number of aromatic nitrogens is 1. The Balaban J connectivity index is 1.45. The molecule has 1 aliphatic heterocycles. The van der Waals surface area contributed by atoms with Crippen molar-refractivity contribution in [1.29, 1.82) is 0 Å². The normalized spacial score (nSPS) is 20.0. The van der Waals surface area contributed by atoms with Crippen LogP contribution in [0.25, 0.3) is 10.8 Å². The number of likely N-dealkylation sites (tertiary alicyclic amines) is 1. The minimum absolute atomic E-state index is 0.0365. The van der Waals surface area contributed by atoms with E-state index >= 15 is 0 Å². The molecule has 0 bridgehead atoms. The average molecular weight is 312 g/mol. The zero-order valence-corrected chi connectivity index (χ0v) is 13.7. The summed E-state index contributed by atoms with van der Waals surface area (Å²) >= 11 is 0. The first-order valence-electron chi connectivity index (χ1n) is 8.70. The van der Waals surface area contributed by atoms with Crippen molar-refractivity contribution in [3.63, 3.8) is 0 Å². The van der Waals surface area contributed by atoms with E-state index < -0.39 is 0 Å². The van der Waals surface area contributed by atoms with E-state index in [0.717, 1.165) is 53.9 Å². The van der Waals surface area contributed by atoms with Crippen LogP contribution in [0.4, 0.5) is 0 Å². The maximum absolute atomic E-state index is 11.9. The van der Waals surface area contributed by atoms with E-state index in [1.54, 1.807) is 6.20 Å². The van der Waals surface area contributed by atoms with E-state index in [0.29, 0.717) is 6.10 Å². The highest BCUT2D eigenvalue weighted by atomic mass is 16.5. The quantitative estimate of drug-likeness (QED) is 0.943. The highest BCUT2D eigenvalue weighted by Gasteiger charge is 2.27. The molecule has 0 radical (unpaired) electrons. The number of pyridine rings is 1. The molecule has 0 atom stereocenters. The van der Waals surface area contributed by atoms with Crippen molar-refractivity contribution in [1.82, 2.24) is 9.88 Å². The molecule has 4 rings (SSSR count). The van der Waals surface area contributed by atoms with E-state index in [2.05, 4.69) is 9.88 Å². The number of piperidine rings is 1. The number of benzene rings is 1. The van der Waals surface area contributed by atoms with Crippen molar-refractivity contribution in [3.8, 4) is 5.75 Å². The Bertz CT molecular complexity index is 756. The van der Waals surface area contributed by atoms with E-state index in [4.69, 9.17) is 4.74 Å². The Hall–Kier alpha value is -1.81. The van der Waals surface area contributed by atoms with Crippen LogP contribution in [0.3, 0.4) is 0 Å². The third kappa shape index (κ3) is 3.27. The third-order valence-electron chi connectivity index (χ3n) is 5.11. The number of nitrogens with one attached hydrogen (secondary N) is 1. The molecule has 1 aromatic heterocycles. The average Bonchev–Trinajstić information content (AvgIpc) is 3.35. The number of hydrogen-bond acceptors (Lipinski definition) is 3. The lowest BCUT2D eigenvalue weighted by Gasteiger charge is -2.32. The smallest absolute Gasteiger partial charge is 0.255 e. The first-order chi connectivity index (χ1) is 11.2. The predicted octanol–water partition coefficient (Wildman–Crippen LogP) is 3.09. The third-order valence-corrected chi connectivity index (χ3v) is 5.11. The second kappa shape index (κ2) is 6.00. The Kier molecular flexibility index (Phi) is 3.85. The number of aryl methyl sites for hydroxylation is 1. The molecule has 2 aromatic rings. The van der Waals surface area contributed by atoms with Crippen LogP contribution in [0.5, 0.6) is 5.75 Å². The van der Waals surface area contributed by atoms with Crippen LogP contribution in [0.2, 0.25) is 0 Å². The maximum atomic E-state index is 11.9. The van der Waals surface area contributed by atoms with Crippen LogP contribution >= 0.6 is 0 Å². The van der Waals surface area contributed by atoms with Crippen LogP contribution in [-0.4, -0.2) is 35.6 Å². The van der Waals surface area contributed by atoms with Crippen LogP contribution in [0.1, 0.15) is 31.2 Å². The van der Waals surface area contributed by atoms with Gasteiger partial charge in [-0.1, -0.05) is 0 Å². The van der Waals surface area contributed by atoms with Gasteiger partial charge in [0, 0.05) is 31.2 Å². The molecule has 2 aliphatic rings. The van der Waals surface area contributed by atoms with Crippen LogP contribution < -0.4 is 10.3 Å². The summed E-state index contributed by atoms with van der Waals surface area (Å²) in [5, 5.41) is 1.68. The van der Waals surface area contributed by atoms with Crippen LogP contribution in [0.15, 0.2) is 29.2 Å². The van der Waals surface area contributed by atoms with Gasteiger partial charge in [0.15, 0.2) is 0 Å². The predicted molar refractivity (Wildman–Crippen MR) is 92.1 cm³/mol. The first-order valence-corrected chi connectivity index (χ1v) is 8.70. The molecule has 4 heteroatoms. The number of ether oxygens (including phenoxy) is 1. The minimum Gasteiger partial charge on any atom is -0.490 e. The summed E-state index contributed by atoms with van der Waals surface area (Å²) in [4.78, 5) is 17.2. The highest BCUT2D eigenvalue weighted by molar-refractivity contribution is 5.83. The summed E-state index contributed by atoms with van der Waals surface area (Å²) in [7, 11) is 0. The molecule has 4 nitrogen and oxygen atoms in total. The molecule has 23 heavy (non-hydrogen) atoms. The van der Waals surface area contributed by atoms with Gasteiger partial charge in [-0.05, 0) is 67.7 Å². The lowest BCUT2D eigenvalue weighted by Crippen LogP contribution is -2.39. The molecule has 0 spiro atoms. The molecule has 0 amide bonds. The molecular weight excluding hydrogens is 288 g/mol. The lowest BCUT2D eigenvalue weighted by molar-refractivity contribution is 0.0976. The summed E-state index contributed by atoms with van der Waals surface area (Å²) < 4.78 is 6.26. The van der Waals surface area contributed by atoms with Crippen LogP contribution in [0, 0.1) is 12.8 Å².